The first kappa shape index (κ1) is 11.2. The van der Waals surface area contributed by atoms with Crippen LogP contribution in [0.5, 0.6) is 0 Å². The van der Waals surface area contributed by atoms with Crippen LogP contribution in [0.25, 0.3) is 0 Å². The Labute approximate surface area is 91.4 Å². The molecule has 0 heterocycles. The van der Waals surface area contributed by atoms with Crippen molar-refractivity contribution in [1.82, 2.24) is 0 Å². The Balaban J connectivity index is 2.78. The van der Waals surface area contributed by atoms with E-state index in [4.69, 9.17) is 0 Å². The topological polar surface area (TPSA) is 43.1 Å². The van der Waals surface area contributed by atoms with Crippen LogP contribution in [-0.4, -0.2) is 11.5 Å². The minimum atomic E-state index is -0.254. The van der Waals surface area contributed by atoms with Gasteiger partial charge in [0.1, 0.15) is 0 Å². The molecule has 1 atom stereocenters. The molecule has 0 saturated carbocycles. The van der Waals surface area contributed by atoms with Crippen LogP contribution in [0.2, 0.25) is 0 Å². The average Bonchev–Trinajstić information content (AvgIpc) is 2.15. The lowest BCUT2D eigenvalue weighted by Gasteiger charge is -2.10. The number of hydrogen-bond donors (Lipinski definition) is 0. The standard InChI is InChI=1S/C10H12BrNO2/c1-2-8(7-12(13)14)9-3-5-10(11)6-4-9/h3-6,8H,2,7H2,1H3/t8-/m1/s1. The van der Waals surface area contributed by atoms with Gasteiger partial charge in [-0.05, 0) is 24.1 Å². The molecule has 0 aliphatic rings. The molecule has 0 unspecified atom stereocenters. The van der Waals surface area contributed by atoms with Gasteiger partial charge in [-0.3, -0.25) is 10.1 Å². The van der Waals surface area contributed by atoms with Crippen molar-refractivity contribution in [3.8, 4) is 0 Å². The van der Waals surface area contributed by atoms with Crippen molar-refractivity contribution < 1.29 is 4.92 Å². The van der Waals surface area contributed by atoms with Gasteiger partial charge < -0.3 is 0 Å². The van der Waals surface area contributed by atoms with E-state index in [1.165, 1.54) is 0 Å². The summed E-state index contributed by atoms with van der Waals surface area (Å²) in [7, 11) is 0. The number of benzene rings is 1. The van der Waals surface area contributed by atoms with E-state index in [1.807, 2.05) is 31.2 Å². The van der Waals surface area contributed by atoms with Crippen molar-refractivity contribution in [2.24, 2.45) is 0 Å². The van der Waals surface area contributed by atoms with Crippen molar-refractivity contribution in [2.45, 2.75) is 19.3 Å². The lowest BCUT2D eigenvalue weighted by molar-refractivity contribution is -0.483. The quantitative estimate of drug-likeness (QED) is 0.614. The van der Waals surface area contributed by atoms with E-state index in [2.05, 4.69) is 15.9 Å². The normalized spacial score (nSPS) is 12.4. The Morgan fingerprint density at radius 3 is 2.43 bits per heavy atom. The SMILES string of the molecule is CC[C@H](C[N+](=O)[O-])c1ccc(Br)cc1. The zero-order valence-electron chi connectivity index (χ0n) is 7.94. The number of rotatable bonds is 4. The Hall–Kier alpha value is -0.900. The van der Waals surface area contributed by atoms with Gasteiger partial charge in [0.15, 0.2) is 0 Å². The lowest BCUT2D eigenvalue weighted by Crippen LogP contribution is -2.11. The van der Waals surface area contributed by atoms with Crippen molar-refractivity contribution in [3.05, 3.63) is 44.4 Å². The third-order valence-corrected chi connectivity index (χ3v) is 2.73. The zero-order chi connectivity index (χ0) is 10.6. The zero-order valence-corrected chi connectivity index (χ0v) is 9.53. The molecule has 0 bridgehead atoms. The molecule has 3 nitrogen and oxygen atoms in total. The van der Waals surface area contributed by atoms with E-state index in [-0.39, 0.29) is 17.4 Å². The summed E-state index contributed by atoms with van der Waals surface area (Å²) in [5.41, 5.74) is 1.03. The molecule has 14 heavy (non-hydrogen) atoms. The molecule has 0 spiro atoms. The predicted octanol–water partition coefficient (Wildman–Crippen LogP) is 3.22. The summed E-state index contributed by atoms with van der Waals surface area (Å²) >= 11 is 3.33. The van der Waals surface area contributed by atoms with Gasteiger partial charge in [-0.2, -0.15) is 0 Å². The van der Waals surface area contributed by atoms with Gasteiger partial charge in [0.2, 0.25) is 6.54 Å². The molecule has 0 amide bonds. The van der Waals surface area contributed by atoms with Crippen LogP contribution < -0.4 is 0 Å². The largest absolute Gasteiger partial charge is 0.265 e. The molecule has 0 aliphatic heterocycles. The number of nitrogens with zero attached hydrogens (tertiary/aromatic N) is 1. The molecule has 1 aromatic rings. The second kappa shape index (κ2) is 5.10. The molecule has 0 saturated heterocycles. The highest BCUT2D eigenvalue weighted by atomic mass is 79.9. The van der Waals surface area contributed by atoms with Gasteiger partial charge in [-0.1, -0.05) is 35.0 Å². The van der Waals surface area contributed by atoms with Crippen molar-refractivity contribution in [1.29, 1.82) is 0 Å². The molecule has 0 aromatic heterocycles. The Morgan fingerprint density at radius 1 is 1.43 bits per heavy atom. The van der Waals surface area contributed by atoms with E-state index in [0.717, 1.165) is 16.5 Å². The number of nitro groups is 1. The first-order valence-corrected chi connectivity index (χ1v) is 5.30. The summed E-state index contributed by atoms with van der Waals surface area (Å²) in [5, 5.41) is 10.4. The second-order valence-electron chi connectivity index (χ2n) is 3.17. The third-order valence-electron chi connectivity index (χ3n) is 2.20. The van der Waals surface area contributed by atoms with Gasteiger partial charge in [0.25, 0.3) is 0 Å². The fourth-order valence-corrected chi connectivity index (χ4v) is 1.65. The first-order valence-electron chi connectivity index (χ1n) is 4.50. The van der Waals surface area contributed by atoms with Gasteiger partial charge in [-0.15, -0.1) is 0 Å². The highest BCUT2D eigenvalue weighted by Crippen LogP contribution is 2.21. The van der Waals surface area contributed by atoms with Crippen LogP contribution in [0.3, 0.4) is 0 Å². The summed E-state index contributed by atoms with van der Waals surface area (Å²) in [6.45, 7) is 1.98. The van der Waals surface area contributed by atoms with Crippen LogP contribution in [0.15, 0.2) is 28.7 Å². The van der Waals surface area contributed by atoms with E-state index in [0.29, 0.717) is 0 Å². The maximum absolute atomic E-state index is 10.4. The fraction of sp³-hybridized carbons (Fsp3) is 0.400. The Kier molecular flexibility index (Phi) is 4.07. The van der Waals surface area contributed by atoms with Crippen LogP contribution in [-0.2, 0) is 0 Å². The molecule has 1 aromatic carbocycles. The molecule has 0 fully saturated rings. The van der Waals surface area contributed by atoms with Crippen LogP contribution >= 0.6 is 15.9 Å². The molecule has 0 radical (unpaired) electrons. The minimum absolute atomic E-state index is 0.0120. The third kappa shape index (κ3) is 3.10. The van der Waals surface area contributed by atoms with Crippen LogP contribution in [0, 0.1) is 10.1 Å². The lowest BCUT2D eigenvalue weighted by atomic mass is 9.97. The van der Waals surface area contributed by atoms with Crippen LogP contribution in [0.1, 0.15) is 24.8 Å². The summed E-state index contributed by atoms with van der Waals surface area (Å²) < 4.78 is 0.997. The van der Waals surface area contributed by atoms with Gasteiger partial charge >= 0.3 is 0 Å². The molecule has 0 aliphatic carbocycles. The highest BCUT2D eigenvalue weighted by molar-refractivity contribution is 9.10. The van der Waals surface area contributed by atoms with E-state index < -0.39 is 0 Å². The van der Waals surface area contributed by atoms with Crippen molar-refractivity contribution in [2.75, 3.05) is 6.54 Å². The van der Waals surface area contributed by atoms with Gasteiger partial charge in [0.05, 0.1) is 0 Å². The van der Waals surface area contributed by atoms with Gasteiger partial charge in [0, 0.05) is 15.3 Å². The average molecular weight is 258 g/mol. The highest BCUT2D eigenvalue weighted by Gasteiger charge is 2.14. The molecular weight excluding hydrogens is 246 g/mol. The van der Waals surface area contributed by atoms with Crippen LogP contribution in [0.4, 0.5) is 0 Å². The smallest absolute Gasteiger partial charge is 0.210 e. The maximum atomic E-state index is 10.4. The number of hydrogen-bond acceptors (Lipinski definition) is 2. The molecular formula is C10H12BrNO2. The van der Waals surface area contributed by atoms with Crippen molar-refractivity contribution in [3.63, 3.8) is 0 Å². The Bertz CT molecular complexity index is 310. The molecule has 1 rings (SSSR count). The maximum Gasteiger partial charge on any atom is 0.210 e. The van der Waals surface area contributed by atoms with Crippen molar-refractivity contribution >= 4 is 15.9 Å². The molecule has 4 heteroatoms. The summed E-state index contributed by atoms with van der Waals surface area (Å²) in [5.74, 6) is 0.0260. The minimum Gasteiger partial charge on any atom is -0.265 e. The molecule has 0 N–H and O–H groups in total. The Morgan fingerprint density at radius 2 is 2.00 bits per heavy atom. The monoisotopic (exact) mass is 257 g/mol. The molecule has 76 valence electrons. The second-order valence-corrected chi connectivity index (χ2v) is 4.09. The summed E-state index contributed by atoms with van der Waals surface area (Å²) in [4.78, 5) is 10.2. The fourth-order valence-electron chi connectivity index (χ4n) is 1.39. The first-order chi connectivity index (χ1) is 6.63. The number of halogens is 1. The summed E-state index contributed by atoms with van der Waals surface area (Å²) in [6, 6.07) is 7.69. The van der Waals surface area contributed by atoms with E-state index >= 15 is 0 Å². The van der Waals surface area contributed by atoms with Gasteiger partial charge in [-0.25, -0.2) is 0 Å². The van der Waals surface area contributed by atoms with E-state index in [1.54, 1.807) is 0 Å². The van der Waals surface area contributed by atoms with E-state index in [9.17, 15) is 10.1 Å². The summed E-state index contributed by atoms with van der Waals surface area (Å²) in [6.07, 6.45) is 0.794. The predicted molar refractivity (Wildman–Crippen MR) is 59.0 cm³/mol.